The molecule has 1 saturated heterocycles. The summed E-state index contributed by atoms with van der Waals surface area (Å²) >= 11 is 0. The van der Waals surface area contributed by atoms with Crippen LogP contribution in [0.2, 0.25) is 0 Å². The summed E-state index contributed by atoms with van der Waals surface area (Å²) in [6.07, 6.45) is 4.70. The predicted octanol–water partition coefficient (Wildman–Crippen LogP) is 0.575. The Labute approximate surface area is 118 Å². The Morgan fingerprint density at radius 2 is 2.35 bits per heavy atom. The monoisotopic (exact) mass is 279 g/mol. The summed E-state index contributed by atoms with van der Waals surface area (Å²) in [6, 6.07) is 2.95. The van der Waals surface area contributed by atoms with Crippen molar-refractivity contribution < 1.29 is 9.53 Å². The Bertz CT molecular complexity index is 507. The number of rotatable bonds is 5. The number of amides is 1. The van der Waals surface area contributed by atoms with Gasteiger partial charge in [-0.2, -0.15) is 0 Å². The van der Waals surface area contributed by atoms with Crippen molar-refractivity contribution in [2.45, 2.75) is 31.8 Å². The number of pyridine rings is 1. The number of methoxy groups -OCH3 is 1. The summed E-state index contributed by atoms with van der Waals surface area (Å²) in [7, 11) is 1.59. The first-order chi connectivity index (χ1) is 9.70. The van der Waals surface area contributed by atoms with Crippen LogP contribution in [-0.2, 0) is 16.1 Å². The highest BCUT2D eigenvalue weighted by molar-refractivity contribution is 5.94. The minimum absolute atomic E-state index is 0.0401. The number of nitrogens with one attached hydrogen (secondary N) is 2. The molecule has 1 unspecified atom stereocenters. The van der Waals surface area contributed by atoms with Gasteiger partial charge < -0.3 is 19.9 Å². The molecule has 2 N–H and O–H groups in total. The third kappa shape index (κ3) is 3.91. The van der Waals surface area contributed by atoms with E-state index < -0.39 is 0 Å². The number of ether oxygens (including phenoxy) is 1. The normalized spacial score (nSPS) is 18.8. The zero-order valence-electron chi connectivity index (χ0n) is 11.7. The van der Waals surface area contributed by atoms with Gasteiger partial charge in [-0.1, -0.05) is 6.42 Å². The Hall–Kier alpha value is -1.66. The van der Waals surface area contributed by atoms with Crippen LogP contribution in [0.25, 0.3) is 0 Å². The molecule has 0 saturated carbocycles. The number of hydrogen-bond donors (Lipinski definition) is 2. The van der Waals surface area contributed by atoms with E-state index in [0.717, 1.165) is 25.8 Å². The maximum absolute atomic E-state index is 12.1. The lowest BCUT2D eigenvalue weighted by molar-refractivity contribution is -0.118. The number of carbonyl (C=O) groups excluding carboxylic acids is 1. The summed E-state index contributed by atoms with van der Waals surface area (Å²) < 4.78 is 6.49. The van der Waals surface area contributed by atoms with Crippen LogP contribution in [0.1, 0.15) is 19.3 Å². The largest absolute Gasteiger partial charge is 0.383 e. The van der Waals surface area contributed by atoms with Crippen molar-refractivity contribution in [3.05, 3.63) is 28.7 Å². The average Bonchev–Trinajstić information content (AvgIpc) is 2.48. The number of nitrogens with zero attached hydrogens (tertiary/aromatic N) is 1. The summed E-state index contributed by atoms with van der Waals surface area (Å²) in [5, 5.41) is 6.05. The molecule has 0 aromatic carbocycles. The molecule has 2 rings (SSSR count). The van der Waals surface area contributed by atoms with Crippen molar-refractivity contribution >= 4 is 11.6 Å². The fourth-order valence-corrected chi connectivity index (χ4v) is 2.27. The summed E-state index contributed by atoms with van der Waals surface area (Å²) in [6.45, 7) is 1.81. The second kappa shape index (κ2) is 7.21. The maximum atomic E-state index is 12.1. The minimum Gasteiger partial charge on any atom is -0.383 e. The van der Waals surface area contributed by atoms with Crippen LogP contribution in [0.15, 0.2) is 23.1 Å². The van der Waals surface area contributed by atoms with Crippen molar-refractivity contribution in [3.63, 3.8) is 0 Å². The molecule has 110 valence electrons. The van der Waals surface area contributed by atoms with Crippen LogP contribution in [0.3, 0.4) is 0 Å². The molecule has 0 radical (unpaired) electrons. The number of carbonyl (C=O) groups is 1. The van der Waals surface area contributed by atoms with E-state index in [2.05, 4.69) is 10.6 Å². The molecule has 20 heavy (non-hydrogen) atoms. The molecule has 1 aromatic rings. The van der Waals surface area contributed by atoms with E-state index in [9.17, 15) is 9.59 Å². The van der Waals surface area contributed by atoms with E-state index in [0.29, 0.717) is 18.8 Å². The van der Waals surface area contributed by atoms with Gasteiger partial charge >= 0.3 is 0 Å². The van der Waals surface area contributed by atoms with Crippen molar-refractivity contribution in [2.75, 3.05) is 25.6 Å². The molecule has 0 spiro atoms. The molecule has 1 atom stereocenters. The highest BCUT2D eigenvalue weighted by Crippen LogP contribution is 2.10. The SMILES string of the molecule is COCCn1cc(NC(=O)C2CCCCN2)ccc1=O. The van der Waals surface area contributed by atoms with Crippen molar-refractivity contribution in [3.8, 4) is 0 Å². The topological polar surface area (TPSA) is 72.4 Å². The molecule has 1 amide bonds. The number of piperidine rings is 1. The van der Waals surface area contributed by atoms with Gasteiger partial charge in [0.1, 0.15) is 0 Å². The zero-order chi connectivity index (χ0) is 14.4. The van der Waals surface area contributed by atoms with Gasteiger partial charge in [0.05, 0.1) is 18.3 Å². The van der Waals surface area contributed by atoms with Crippen LogP contribution in [0.4, 0.5) is 5.69 Å². The lowest BCUT2D eigenvalue weighted by Gasteiger charge is -2.22. The van der Waals surface area contributed by atoms with Crippen molar-refractivity contribution in [1.29, 1.82) is 0 Å². The third-order valence-corrected chi connectivity index (χ3v) is 3.41. The van der Waals surface area contributed by atoms with E-state index in [1.165, 1.54) is 10.6 Å². The molecule has 1 fully saturated rings. The van der Waals surface area contributed by atoms with Gasteiger partial charge in [-0.15, -0.1) is 0 Å². The van der Waals surface area contributed by atoms with E-state index in [4.69, 9.17) is 4.74 Å². The summed E-state index contributed by atoms with van der Waals surface area (Å²) in [5.74, 6) is -0.0401. The number of aromatic nitrogens is 1. The first-order valence-electron chi connectivity index (χ1n) is 6.94. The van der Waals surface area contributed by atoms with E-state index in [-0.39, 0.29) is 17.5 Å². The second-order valence-corrected chi connectivity index (χ2v) is 4.93. The van der Waals surface area contributed by atoms with Gasteiger partial charge in [-0.3, -0.25) is 9.59 Å². The fraction of sp³-hybridized carbons (Fsp3) is 0.571. The lowest BCUT2D eigenvalue weighted by atomic mass is 10.0. The fourth-order valence-electron chi connectivity index (χ4n) is 2.27. The van der Waals surface area contributed by atoms with Gasteiger partial charge in [0.2, 0.25) is 5.91 Å². The minimum atomic E-state index is -0.136. The van der Waals surface area contributed by atoms with Gasteiger partial charge in [-0.05, 0) is 25.5 Å². The Balaban J connectivity index is 2.01. The molecular weight excluding hydrogens is 258 g/mol. The first-order valence-corrected chi connectivity index (χ1v) is 6.94. The molecule has 0 aliphatic carbocycles. The third-order valence-electron chi connectivity index (χ3n) is 3.41. The zero-order valence-corrected chi connectivity index (χ0v) is 11.7. The molecule has 0 bridgehead atoms. The molecule has 2 heterocycles. The standard InChI is InChI=1S/C14H21N3O3/c1-20-9-8-17-10-11(5-6-13(17)18)16-14(19)12-4-2-3-7-15-12/h5-6,10,12,15H,2-4,7-9H2,1H3,(H,16,19). The van der Waals surface area contributed by atoms with E-state index >= 15 is 0 Å². The average molecular weight is 279 g/mol. The number of anilines is 1. The highest BCUT2D eigenvalue weighted by atomic mass is 16.5. The van der Waals surface area contributed by atoms with Crippen LogP contribution >= 0.6 is 0 Å². The van der Waals surface area contributed by atoms with Gasteiger partial charge in [-0.25, -0.2) is 0 Å². The van der Waals surface area contributed by atoms with Crippen molar-refractivity contribution in [2.24, 2.45) is 0 Å². The number of hydrogen-bond acceptors (Lipinski definition) is 4. The molecule has 1 aromatic heterocycles. The van der Waals surface area contributed by atoms with Gasteiger partial charge in [0, 0.05) is 25.9 Å². The molecule has 6 heteroatoms. The first kappa shape index (κ1) is 14.7. The van der Waals surface area contributed by atoms with Crippen LogP contribution in [0, 0.1) is 0 Å². The smallest absolute Gasteiger partial charge is 0.250 e. The highest BCUT2D eigenvalue weighted by Gasteiger charge is 2.20. The van der Waals surface area contributed by atoms with Crippen LogP contribution in [0.5, 0.6) is 0 Å². The Kier molecular flexibility index (Phi) is 5.31. The Morgan fingerprint density at radius 3 is 3.05 bits per heavy atom. The van der Waals surface area contributed by atoms with Gasteiger partial charge in [0.25, 0.3) is 5.56 Å². The Morgan fingerprint density at radius 1 is 1.50 bits per heavy atom. The molecular formula is C14H21N3O3. The van der Waals surface area contributed by atoms with E-state index in [1.54, 1.807) is 19.4 Å². The predicted molar refractivity (Wildman–Crippen MR) is 76.8 cm³/mol. The summed E-state index contributed by atoms with van der Waals surface area (Å²) in [4.78, 5) is 23.7. The lowest BCUT2D eigenvalue weighted by Crippen LogP contribution is -2.43. The van der Waals surface area contributed by atoms with Gasteiger partial charge in [0.15, 0.2) is 0 Å². The molecule has 1 aliphatic rings. The summed E-state index contributed by atoms with van der Waals surface area (Å²) in [5.41, 5.74) is 0.536. The maximum Gasteiger partial charge on any atom is 0.250 e. The van der Waals surface area contributed by atoms with Crippen LogP contribution in [-0.4, -0.2) is 36.8 Å². The van der Waals surface area contributed by atoms with Crippen molar-refractivity contribution in [1.82, 2.24) is 9.88 Å². The van der Waals surface area contributed by atoms with E-state index in [1.807, 2.05) is 0 Å². The van der Waals surface area contributed by atoms with Crippen LogP contribution < -0.4 is 16.2 Å². The second-order valence-electron chi connectivity index (χ2n) is 4.93. The molecule has 1 aliphatic heterocycles. The molecule has 6 nitrogen and oxygen atoms in total. The quantitative estimate of drug-likeness (QED) is 0.827.